The molecule has 0 aromatic heterocycles. The molecule has 1 amide bonds. The first-order valence-corrected chi connectivity index (χ1v) is 10.1. The molecule has 2 N–H and O–H groups in total. The van der Waals surface area contributed by atoms with Crippen LogP contribution in [0.15, 0.2) is 53.4 Å². The number of benzene rings is 2. The van der Waals surface area contributed by atoms with E-state index in [1.54, 1.807) is 47.4 Å². The second-order valence-corrected chi connectivity index (χ2v) is 7.80. The SMILES string of the molecule is CC[C@@H]1CN(C(=O)c2cccc(-c3ccccc3S(N)(=O)=O)c2)CCO1. The average Bonchev–Trinajstić information content (AvgIpc) is 2.67. The average molecular weight is 374 g/mol. The molecule has 0 radical (unpaired) electrons. The first-order chi connectivity index (χ1) is 12.4. The zero-order chi connectivity index (χ0) is 18.7. The van der Waals surface area contributed by atoms with Crippen molar-refractivity contribution in [3.8, 4) is 11.1 Å². The molecule has 7 heteroatoms. The fourth-order valence-corrected chi connectivity index (χ4v) is 3.87. The highest BCUT2D eigenvalue weighted by molar-refractivity contribution is 7.89. The third kappa shape index (κ3) is 3.95. The summed E-state index contributed by atoms with van der Waals surface area (Å²) in [5, 5.41) is 5.32. The van der Waals surface area contributed by atoms with E-state index in [-0.39, 0.29) is 16.9 Å². The van der Waals surface area contributed by atoms with Crippen LogP contribution in [0.1, 0.15) is 23.7 Å². The van der Waals surface area contributed by atoms with Gasteiger partial charge >= 0.3 is 0 Å². The van der Waals surface area contributed by atoms with E-state index in [2.05, 4.69) is 0 Å². The molecule has 26 heavy (non-hydrogen) atoms. The third-order valence-corrected chi connectivity index (χ3v) is 5.46. The largest absolute Gasteiger partial charge is 0.375 e. The minimum absolute atomic E-state index is 0.0435. The fraction of sp³-hybridized carbons (Fsp3) is 0.316. The number of hydrogen-bond acceptors (Lipinski definition) is 4. The number of rotatable bonds is 4. The molecule has 138 valence electrons. The number of amides is 1. The number of carbonyl (C=O) groups excluding carboxylic acids is 1. The van der Waals surface area contributed by atoms with Gasteiger partial charge in [0, 0.05) is 24.2 Å². The normalized spacial score (nSPS) is 17.9. The summed E-state index contributed by atoms with van der Waals surface area (Å²) < 4.78 is 29.3. The molecule has 0 saturated carbocycles. The maximum absolute atomic E-state index is 12.9. The van der Waals surface area contributed by atoms with Gasteiger partial charge in [0.05, 0.1) is 17.6 Å². The van der Waals surface area contributed by atoms with Crippen LogP contribution in [0.25, 0.3) is 11.1 Å². The predicted octanol–water partition coefficient (Wildman–Crippen LogP) is 2.25. The van der Waals surface area contributed by atoms with Crippen LogP contribution < -0.4 is 5.14 Å². The van der Waals surface area contributed by atoms with Crippen molar-refractivity contribution in [3.63, 3.8) is 0 Å². The van der Waals surface area contributed by atoms with Gasteiger partial charge < -0.3 is 9.64 Å². The van der Waals surface area contributed by atoms with Crippen LogP contribution in [0.3, 0.4) is 0 Å². The Morgan fingerprint density at radius 1 is 1.23 bits per heavy atom. The van der Waals surface area contributed by atoms with Crippen molar-refractivity contribution in [1.82, 2.24) is 4.90 Å². The molecule has 1 aliphatic heterocycles. The Morgan fingerprint density at radius 2 is 2.00 bits per heavy atom. The number of ether oxygens (including phenoxy) is 1. The molecule has 0 bridgehead atoms. The maximum atomic E-state index is 12.9. The highest BCUT2D eigenvalue weighted by Crippen LogP contribution is 2.27. The first kappa shape index (κ1) is 18.6. The Balaban J connectivity index is 1.94. The maximum Gasteiger partial charge on any atom is 0.254 e. The Bertz CT molecular complexity index is 911. The summed E-state index contributed by atoms with van der Waals surface area (Å²) in [7, 11) is -3.86. The smallest absolute Gasteiger partial charge is 0.254 e. The predicted molar refractivity (Wildman–Crippen MR) is 99.2 cm³/mol. The minimum Gasteiger partial charge on any atom is -0.375 e. The second-order valence-electron chi connectivity index (χ2n) is 6.27. The van der Waals surface area contributed by atoms with Crippen LogP contribution in [0.2, 0.25) is 0 Å². The monoisotopic (exact) mass is 374 g/mol. The Morgan fingerprint density at radius 3 is 2.73 bits per heavy atom. The summed E-state index contributed by atoms with van der Waals surface area (Å²) in [5.74, 6) is -0.0818. The van der Waals surface area contributed by atoms with Crippen LogP contribution in [0.5, 0.6) is 0 Å². The van der Waals surface area contributed by atoms with Crippen molar-refractivity contribution in [2.24, 2.45) is 5.14 Å². The number of hydrogen-bond donors (Lipinski definition) is 1. The Kier molecular flexibility index (Phi) is 5.41. The van der Waals surface area contributed by atoms with Gasteiger partial charge in [0.2, 0.25) is 10.0 Å². The van der Waals surface area contributed by atoms with Crippen LogP contribution in [-0.2, 0) is 14.8 Å². The topological polar surface area (TPSA) is 89.7 Å². The summed E-state index contributed by atoms with van der Waals surface area (Å²) >= 11 is 0. The highest BCUT2D eigenvalue weighted by Gasteiger charge is 2.24. The number of nitrogens with two attached hydrogens (primary N) is 1. The lowest BCUT2D eigenvalue weighted by atomic mass is 10.0. The molecule has 1 aliphatic rings. The van der Waals surface area contributed by atoms with Gasteiger partial charge in [-0.3, -0.25) is 4.79 Å². The number of nitrogens with zero attached hydrogens (tertiary/aromatic N) is 1. The van der Waals surface area contributed by atoms with E-state index in [4.69, 9.17) is 9.88 Å². The highest BCUT2D eigenvalue weighted by atomic mass is 32.2. The van der Waals surface area contributed by atoms with E-state index in [9.17, 15) is 13.2 Å². The van der Waals surface area contributed by atoms with Crippen LogP contribution in [0.4, 0.5) is 0 Å². The molecule has 0 aliphatic carbocycles. The van der Waals surface area contributed by atoms with Gasteiger partial charge in [-0.15, -0.1) is 0 Å². The first-order valence-electron chi connectivity index (χ1n) is 8.53. The van der Waals surface area contributed by atoms with E-state index in [0.29, 0.717) is 36.4 Å². The molecular formula is C19H22N2O4S. The molecule has 0 spiro atoms. The quantitative estimate of drug-likeness (QED) is 0.889. The molecule has 2 aromatic carbocycles. The van der Waals surface area contributed by atoms with Gasteiger partial charge in [-0.25, -0.2) is 13.6 Å². The number of carbonyl (C=O) groups is 1. The zero-order valence-corrected chi connectivity index (χ0v) is 15.4. The fourth-order valence-electron chi connectivity index (χ4n) is 3.11. The van der Waals surface area contributed by atoms with Crippen molar-refractivity contribution in [1.29, 1.82) is 0 Å². The Labute approximate surface area is 153 Å². The molecule has 6 nitrogen and oxygen atoms in total. The van der Waals surface area contributed by atoms with Gasteiger partial charge in [-0.1, -0.05) is 37.3 Å². The molecule has 3 rings (SSSR count). The second kappa shape index (κ2) is 7.57. The van der Waals surface area contributed by atoms with E-state index in [1.807, 2.05) is 6.92 Å². The number of morpholine rings is 1. The van der Waals surface area contributed by atoms with Crippen molar-refractivity contribution < 1.29 is 17.9 Å². The van der Waals surface area contributed by atoms with E-state index in [1.165, 1.54) is 6.07 Å². The lowest BCUT2D eigenvalue weighted by Gasteiger charge is -2.32. The van der Waals surface area contributed by atoms with Crippen LogP contribution in [0, 0.1) is 0 Å². The Hall–Kier alpha value is -2.22. The molecule has 0 unspecified atom stereocenters. The van der Waals surface area contributed by atoms with Crippen molar-refractivity contribution >= 4 is 15.9 Å². The van der Waals surface area contributed by atoms with Crippen molar-refractivity contribution in [3.05, 3.63) is 54.1 Å². The minimum atomic E-state index is -3.86. The lowest BCUT2D eigenvalue weighted by Crippen LogP contribution is -2.45. The molecular weight excluding hydrogens is 352 g/mol. The van der Waals surface area contributed by atoms with Crippen LogP contribution in [-0.4, -0.2) is 45.0 Å². The summed E-state index contributed by atoms with van der Waals surface area (Å²) in [6, 6.07) is 13.5. The molecule has 1 atom stereocenters. The van der Waals surface area contributed by atoms with Gasteiger partial charge in [0.15, 0.2) is 0 Å². The lowest BCUT2D eigenvalue weighted by molar-refractivity contribution is -0.0226. The van der Waals surface area contributed by atoms with Crippen molar-refractivity contribution in [2.45, 2.75) is 24.3 Å². The summed E-state index contributed by atoms with van der Waals surface area (Å²) in [6.07, 6.45) is 0.907. The van der Waals surface area contributed by atoms with E-state index >= 15 is 0 Å². The molecule has 1 heterocycles. The van der Waals surface area contributed by atoms with Gasteiger partial charge in [-0.2, -0.15) is 0 Å². The number of primary sulfonamides is 1. The van der Waals surface area contributed by atoms with Gasteiger partial charge in [0.25, 0.3) is 5.91 Å². The van der Waals surface area contributed by atoms with Crippen molar-refractivity contribution in [2.75, 3.05) is 19.7 Å². The summed E-state index contributed by atoms with van der Waals surface area (Å²) in [6.45, 7) is 3.67. The summed E-state index contributed by atoms with van der Waals surface area (Å²) in [4.78, 5) is 14.7. The zero-order valence-electron chi connectivity index (χ0n) is 14.6. The van der Waals surface area contributed by atoms with E-state index < -0.39 is 10.0 Å². The molecule has 2 aromatic rings. The van der Waals surface area contributed by atoms with Gasteiger partial charge in [0.1, 0.15) is 0 Å². The third-order valence-electron chi connectivity index (χ3n) is 4.50. The van der Waals surface area contributed by atoms with Gasteiger partial charge in [-0.05, 0) is 30.2 Å². The number of sulfonamides is 1. The van der Waals surface area contributed by atoms with E-state index in [0.717, 1.165) is 6.42 Å². The standard InChI is InChI=1S/C19H22N2O4S/c1-2-16-13-21(10-11-25-16)19(22)15-7-5-6-14(12-15)17-8-3-4-9-18(17)26(20,23)24/h3-9,12,16H,2,10-11,13H2,1H3,(H2,20,23,24)/t16-/m1/s1. The summed E-state index contributed by atoms with van der Waals surface area (Å²) in [5.41, 5.74) is 1.64. The molecule has 1 fully saturated rings. The molecule has 1 saturated heterocycles. The van der Waals surface area contributed by atoms with Crippen LogP contribution >= 0.6 is 0 Å².